The highest BCUT2D eigenvalue weighted by atomic mass is 16.5. The summed E-state index contributed by atoms with van der Waals surface area (Å²) < 4.78 is 6.19. The molecule has 0 unspecified atom stereocenters. The highest BCUT2D eigenvalue weighted by molar-refractivity contribution is 5.80. The maximum absolute atomic E-state index is 6.19. The number of ether oxygens (including phenoxy) is 1. The molecule has 0 amide bonds. The number of hydrogen-bond acceptors (Lipinski definition) is 5. The van der Waals surface area contributed by atoms with Gasteiger partial charge in [0.2, 0.25) is 5.88 Å². The molecule has 5 heteroatoms. The molecular weight excluding hydrogens is 348 g/mol. The highest BCUT2D eigenvalue weighted by Gasteiger charge is 2.31. The zero-order valence-electron chi connectivity index (χ0n) is 15.6. The molecule has 5 rings (SSSR count). The predicted octanol–water partition coefficient (Wildman–Crippen LogP) is 4.27. The third-order valence-electron chi connectivity index (χ3n) is 5.10. The number of rotatable bonds is 4. The van der Waals surface area contributed by atoms with Crippen LogP contribution in [0.25, 0.3) is 22.2 Å². The number of aromatic nitrogens is 3. The molecular formula is C23H20N4O. The van der Waals surface area contributed by atoms with Gasteiger partial charge in [0.15, 0.2) is 0 Å². The molecule has 1 aliphatic rings. The molecule has 2 aromatic carbocycles. The smallest absolute Gasteiger partial charge is 0.241 e. The van der Waals surface area contributed by atoms with Gasteiger partial charge in [-0.15, -0.1) is 0 Å². The zero-order chi connectivity index (χ0) is 18.9. The molecule has 1 aliphatic heterocycles. The minimum absolute atomic E-state index is 0.0766. The van der Waals surface area contributed by atoms with E-state index in [4.69, 9.17) is 9.72 Å². The quantitative estimate of drug-likeness (QED) is 0.538. The van der Waals surface area contributed by atoms with Crippen LogP contribution in [0.3, 0.4) is 0 Å². The van der Waals surface area contributed by atoms with Crippen LogP contribution in [-0.2, 0) is 0 Å². The standard InChI is InChI=1S/C23H20N4O/c1-16-6-2-4-8-19(16)22-23(25-13-12-24-22)28-18-14-27(15-18)21-11-10-17-7-3-5-9-20(17)26-21/h2-13,18H,14-15H2,1H3. The fourth-order valence-electron chi connectivity index (χ4n) is 3.52. The SMILES string of the molecule is Cc1ccccc1-c1nccnc1OC1CN(c2ccc3ccccc3n2)C1. The van der Waals surface area contributed by atoms with Gasteiger partial charge in [0.1, 0.15) is 17.6 Å². The predicted molar refractivity (Wildman–Crippen MR) is 111 cm³/mol. The fourth-order valence-corrected chi connectivity index (χ4v) is 3.52. The third kappa shape index (κ3) is 3.05. The van der Waals surface area contributed by atoms with Gasteiger partial charge in [-0.25, -0.2) is 15.0 Å². The number of para-hydroxylation sites is 1. The van der Waals surface area contributed by atoms with Crippen molar-refractivity contribution in [2.24, 2.45) is 0 Å². The molecule has 0 aliphatic carbocycles. The van der Waals surface area contributed by atoms with E-state index in [2.05, 4.69) is 52.1 Å². The van der Waals surface area contributed by atoms with Crippen molar-refractivity contribution >= 4 is 16.7 Å². The van der Waals surface area contributed by atoms with Crippen LogP contribution in [0.15, 0.2) is 73.1 Å². The normalized spacial score (nSPS) is 14.1. The minimum Gasteiger partial charge on any atom is -0.469 e. The Hall–Kier alpha value is -3.47. The first-order valence-corrected chi connectivity index (χ1v) is 9.42. The summed E-state index contributed by atoms with van der Waals surface area (Å²) in [5.74, 6) is 1.57. The van der Waals surface area contributed by atoms with E-state index in [9.17, 15) is 0 Å². The molecule has 1 saturated heterocycles. The number of fused-ring (bicyclic) bond motifs is 1. The van der Waals surface area contributed by atoms with E-state index in [0.717, 1.165) is 46.6 Å². The van der Waals surface area contributed by atoms with Crippen molar-refractivity contribution in [1.82, 2.24) is 15.0 Å². The lowest BCUT2D eigenvalue weighted by Gasteiger charge is -2.39. The lowest BCUT2D eigenvalue weighted by atomic mass is 10.1. The van der Waals surface area contributed by atoms with Crippen LogP contribution in [0.4, 0.5) is 5.82 Å². The van der Waals surface area contributed by atoms with Gasteiger partial charge in [0.25, 0.3) is 0 Å². The number of hydrogen-bond donors (Lipinski definition) is 0. The largest absolute Gasteiger partial charge is 0.469 e. The molecule has 2 aromatic heterocycles. The van der Waals surface area contributed by atoms with Gasteiger partial charge in [-0.05, 0) is 30.7 Å². The minimum atomic E-state index is 0.0766. The van der Waals surface area contributed by atoms with Crippen molar-refractivity contribution in [2.75, 3.05) is 18.0 Å². The molecule has 0 spiro atoms. The fraction of sp³-hybridized carbons (Fsp3) is 0.174. The van der Waals surface area contributed by atoms with E-state index >= 15 is 0 Å². The van der Waals surface area contributed by atoms with Crippen molar-refractivity contribution in [3.8, 4) is 17.1 Å². The monoisotopic (exact) mass is 368 g/mol. The maximum atomic E-state index is 6.19. The lowest BCUT2D eigenvalue weighted by Crippen LogP contribution is -2.54. The van der Waals surface area contributed by atoms with Crippen LogP contribution >= 0.6 is 0 Å². The molecule has 0 radical (unpaired) electrons. The summed E-state index contributed by atoms with van der Waals surface area (Å²) in [4.78, 5) is 15.9. The van der Waals surface area contributed by atoms with Gasteiger partial charge in [-0.2, -0.15) is 0 Å². The van der Waals surface area contributed by atoms with E-state index in [1.54, 1.807) is 12.4 Å². The number of benzene rings is 2. The molecule has 1 fully saturated rings. The second-order valence-corrected chi connectivity index (χ2v) is 7.03. The van der Waals surface area contributed by atoms with Gasteiger partial charge < -0.3 is 9.64 Å². The summed E-state index contributed by atoms with van der Waals surface area (Å²) in [6.45, 7) is 3.65. The summed E-state index contributed by atoms with van der Waals surface area (Å²) in [7, 11) is 0. The Morgan fingerprint density at radius 1 is 0.893 bits per heavy atom. The second kappa shape index (κ2) is 6.93. The molecule has 0 atom stereocenters. The van der Waals surface area contributed by atoms with E-state index in [1.165, 1.54) is 0 Å². The average Bonchev–Trinajstić information content (AvgIpc) is 2.71. The first-order chi connectivity index (χ1) is 13.8. The Morgan fingerprint density at radius 3 is 2.57 bits per heavy atom. The Labute approximate surface area is 163 Å². The van der Waals surface area contributed by atoms with Crippen molar-refractivity contribution in [1.29, 1.82) is 0 Å². The number of pyridine rings is 1. The summed E-state index contributed by atoms with van der Waals surface area (Å²) in [5.41, 5.74) is 4.02. The summed E-state index contributed by atoms with van der Waals surface area (Å²) >= 11 is 0. The number of aryl methyl sites for hydroxylation is 1. The third-order valence-corrected chi connectivity index (χ3v) is 5.10. The van der Waals surface area contributed by atoms with Crippen LogP contribution < -0.4 is 9.64 Å². The second-order valence-electron chi connectivity index (χ2n) is 7.03. The number of nitrogens with zero attached hydrogens (tertiary/aromatic N) is 4. The van der Waals surface area contributed by atoms with Crippen molar-refractivity contribution in [3.63, 3.8) is 0 Å². The maximum Gasteiger partial charge on any atom is 0.241 e. The molecule has 5 nitrogen and oxygen atoms in total. The molecule has 0 bridgehead atoms. The summed E-state index contributed by atoms with van der Waals surface area (Å²) in [6, 6.07) is 20.5. The Balaban J connectivity index is 1.32. The van der Waals surface area contributed by atoms with Crippen molar-refractivity contribution in [3.05, 3.63) is 78.6 Å². The molecule has 28 heavy (non-hydrogen) atoms. The Morgan fingerprint density at radius 2 is 1.68 bits per heavy atom. The molecule has 3 heterocycles. The highest BCUT2D eigenvalue weighted by Crippen LogP contribution is 2.30. The molecule has 4 aromatic rings. The Kier molecular flexibility index (Phi) is 4.13. The molecule has 0 N–H and O–H groups in total. The van der Waals surface area contributed by atoms with Crippen LogP contribution in [0.2, 0.25) is 0 Å². The van der Waals surface area contributed by atoms with Crippen molar-refractivity contribution in [2.45, 2.75) is 13.0 Å². The van der Waals surface area contributed by atoms with Gasteiger partial charge in [-0.3, -0.25) is 0 Å². The van der Waals surface area contributed by atoms with Gasteiger partial charge in [0, 0.05) is 23.3 Å². The van der Waals surface area contributed by atoms with Gasteiger partial charge in [0.05, 0.1) is 18.6 Å². The van der Waals surface area contributed by atoms with Gasteiger partial charge >= 0.3 is 0 Å². The zero-order valence-corrected chi connectivity index (χ0v) is 15.6. The molecule has 138 valence electrons. The first kappa shape index (κ1) is 16.7. The topological polar surface area (TPSA) is 51.1 Å². The molecule has 0 saturated carbocycles. The van der Waals surface area contributed by atoms with Crippen LogP contribution in [-0.4, -0.2) is 34.1 Å². The number of anilines is 1. The van der Waals surface area contributed by atoms with Crippen LogP contribution in [0.1, 0.15) is 5.56 Å². The van der Waals surface area contributed by atoms with Gasteiger partial charge in [-0.1, -0.05) is 42.5 Å². The summed E-state index contributed by atoms with van der Waals surface area (Å²) in [5, 5.41) is 1.15. The van der Waals surface area contributed by atoms with Crippen LogP contribution in [0.5, 0.6) is 5.88 Å². The van der Waals surface area contributed by atoms with Crippen LogP contribution in [0, 0.1) is 6.92 Å². The van der Waals surface area contributed by atoms with E-state index in [1.807, 2.05) is 30.3 Å². The summed E-state index contributed by atoms with van der Waals surface area (Å²) in [6.07, 6.45) is 3.46. The lowest BCUT2D eigenvalue weighted by molar-refractivity contribution is 0.160. The van der Waals surface area contributed by atoms with E-state index < -0.39 is 0 Å². The van der Waals surface area contributed by atoms with E-state index in [-0.39, 0.29) is 6.10 Å². The Bertz CT molecular complexity index is 1140. The van der Waals surface area contributed by atoms with Crippen molar-refractivity contribution < 1.29 is 4.74 Å². The average molecular weight is 368 g/mol. The van der Waals surface area contributed by atoms with E-state index in [0.29, 0.717) is 5.88 Å². The first-order valence-electron chi connectivity index (χ1n) is 9.42.